The third-order valence-electron chi connectivity index (χ3n) is 3.67. The summed E-state index contributed by atoms with van der Waals surface area (Å²) in [5.74, 6) is -0.821. The number of halogens is 1. The molecule has 0 aliphatic carbocycles. The van der Waals surface area contributed by atoms with Crippen LogP contribution in [0, 0.1) is 10.1 Å². The van der Waals surface area contributed by atoms with Gasteiger partial charge in [0.25, 0.3) is 11.8 Å². The molecule has 2 amide bonds. The van der Waals surface area contributed by atoms with E-state index in [-0.39, 0.29) is 10.9 Å². The molecule has 0 aliphatic rings. The molecule has 10 heteroatoms. The first kappa shape index (κ1) is 20.2. The minimum absolute atomic E-state index is 0.00722. The second-order valence-corrected chi connectivity index (χ2v) is 7.14. The molecule has 8 nitrogen and oxygen atoms in total. The van der Waals surface area contributed by atoms with E-state index in [9.17, 15) is 19.7 Å². The van der Waals surface area contributed by atoms with Crippen LogP contribution in [0.1, 0.15) is 25.6 Å². The van der Waals surface area contributed by atoms with Crippen LogP contribution in [0.25, 0.3) is 0 Å². The average Bonchev–Trinajstić information content (AvgIpc) is 3.18. The molecule has 0 unspecified atom stereocenters. The van der Waals surface area contributed by atoms with Gasteiger partial charge in [-0.2, -0.15) is 5.10 Å². The van der Waals surface area contributed by atoms with E-state index in [4.69, 9.17) is 11.6 Å². The quantitative estimate of drug-likeness (QED) is 0.345. The Kier molecular flexibility index (Phi) is 6.32. The van der Waals surface area contributed by atoms with Crippen molar-refractivity contribution in [1.82, 2.24) is 5.43 Å². The van der Waals surface area contributed by atoms with E-state index in [1.807, 2.05) is 0 Å². The summed E-state index contributed by atoms with van der Waals surface area (Å²) in [5, 5.41) is 17.5. The number of nitrogens with zero attached hydrogens (tertiary/aromatic N) is 2. The molecule has 0 radical (unpaired) electrons. The van der Waals surface area contributed by atoms with Crippen LogP contribution in [-0.4, -0.2) is 23.0 Å². The number of benzene rings is 2. The molecule has 1 aromatic heterocycles. The lowest BCUT2D eigenvalue weighted by Crippen LogP contribution is -2.17. The summed E-state index contributed by atoms with van der Waals surface area (Å²) in [5.41, 5.74) is 3.52. The molecule has 0 saturated carbocycles. The molecular weight excluding hydrogens is 416 g/mol. The number of hydrogen-bond donors (Lipinski definition) is 2. The van der Waals surface area contributed by atoms with E-state index in [0.29, 0.717) is 26.7 Å². The number of carbonyl (C=O) groups excluding carboxylic acids is 2. The Morgan fingerprint density at radius 3 is 2.41 bits per heavy atom. The van der Waals surface area contributed by atoms with E-state index in [0.717, 1.165) is 11.3 Å². The van der Waals surface area contributed by atoms with Gasteiger partial charge in [-0.3, -0.25) is 19.7 Å². The monoisotopic (exact) mass is 428 g/mol. The lowest BCUT2D eigenvalue weighted by Gasteiger charge is -2.07. The number of rotatable bonds is 6. The third kappa shape index (κ3) is 5.24. The fraction of sp³-hybridized carbons (Fsp3) is 0. The first-order valence-electron chi connectivity index (χ1n) is 8.17. The average molecular weight is 429 g/mol. The Bertz CT molecular complexity index is 1100. The Balaban J connectivity index is 1.58. The van der Waals surface area contributed by atoms with Gasteiger partial charge in [-0.25, -0.2) is 5.43 Å². The predicted molar refractivity (Wildman–Crippen MR) is 112 cm³/mol. The lowest BCUT2D eigenvalue weighted by atomic mass is 10.1. The normalized spacial score (nSPS) is 10.7. The molecule has 2 N–H and O–H groups in total. The molecule has 0 saturated heterocycles. The highest BCUT2D eigenvalue weighted by Gasteiger charge is 2.11. The topological polar surface area (TPSA) is 114 Å². The molecule has 3 aromatic rings. The maximum atomic E-state index is 12.2. The van der Waals surface area contributed by atoms with Crippen LogP contribution in [0.15, 0.2) is 65.8 Å². The minimum Gasteiger partial charge on any atom is -0.322 e. The van der Waals surface area contributed by atoms with Crippen LogP contribution in [0.5, 0.6) is 0 Å². The molecule has 0 atom stereocenters. The number of nitro groups is 1. The highest BCUT2D eigenvalue weighted by Crippen LogP contribution is 2.22. The first-order valence-corrected chi connectivity index (χ1v) is 9.37. The van der Waals surface area contributed by atoms with Crippen molar-refractivity contribution in [3.8, 4) is 0 Å². The van der Waals surface area contributed by atoms with Gasteiger partial charge in [0.1, 0.15) is 0 Å². The summed E-state index contributed by atoms with van der Waals surface area (Å²) in [6.07, 6.45) is 1.33. The fourth-order valence-electron chi connectivity index (χ4n) is 2.28. The van der Waals surface area contributed by atoms with Gasteiger partial charge in [0.05, 0.1) is 26.6 Å². The first-order chi connectivity index (χ1) is 13.9. The standard InChI is InChI=1S/C19H13ClN4O4S/c20-16-4-2-1-3-15(16)19(26)22-13-7-5-12(6-8-13)18(25)23-21-11-14-9-10-17(29-14)24(27)28/h1-11H,(H,22,26)(H,23,25). The zero-order chi connectivity index (χ0) is 20.8. The molecule has 3 rings (SSSR count). The molecule has 146 valence electrons. The largest absolute Gasteiger partial charge is 0.324 e. The fourth-order valence-corrected chi connectivity index (χ4v) is 3.19. The van der Waals surface area contributed by atoms with Crippen molar-refractivity contribution in [2.45, 2.75) is 0 Å². The van der Waals surface area contributed by atoms with Gasteiger partial charge in [0.15, 0.2) is 0 Å². The van der Waals surface area contributed by atoms with Crippen molar-refractivity contribution < 1.29 is 14.5 Å². The molecule has 29 heavy (non-hydrogen) atoms. The highest BCUT2D eigenvalue weighted by atomic mass is 35.5. The van der Waals surface area contributed by atoms with Crippen LogP contribution in [0.4, 0.5) is 10.7 Å². The van der Waals surface area contributed by atoms with Crippen LogP contribution >= 0.6 is 22.9 Å². The third-order valence-corrected chi connectivity index (χ3v) is 4.97. The molecular formula is C19H13ClN4O4S. The Morgan fingerprint density at radius 2 is 1.76 bits per heavy atom. The van der Waals surface area contributed by atoms with E-state index in [1.54, 1.807) is 36.4 Å². The zero-order valence-electron chi connectivity index (χ0n) is 14.7. The lowest BCUT2D eigenvalue weighted by molar-refractivity contribution is -0.380. The maximum absolute atomic E-state index is 12.2. The molecule has 1 heterocycles. The van der Waals surface area contributed by atoms with Crippen molar-refractivity contribution >= 4 is 51.7 Å². The summed E-state index contributed by atoms with van der Waals surface area (Å²) in [7, 11) is 0. The van der Waals surface area contributed by atoms with Gasteiger partial charge in [-0.05, 0) is 42.5 Å². The van der Waals surface area contributed by atoms with Crippen LogP contribution in [0.3, 0.4) is 0 Å². The van der Waals surface area contributed by atoms with E-state index in [1.165, 1.54) is 30.5 Å². The van der Waals surface area contributed by atoms with Gasteiger partial charge in [0.2, 0.25) is 0 Å². The summed E-state index contributed by atoms with van der Waals surface area (Å²) in [6.45, 7) is 0. The second kappa shape index (κ2) is 9.09. The number of anilines is 1. The number of carbonyl (C=O) groups is 2. The number of hydrogen-bond acceptors (Lipinski definition) is 6. The number of hydrazone groups is 1. The Hall–Kier alpha value is -3.56. The predicted octanol–water partition coefficient (Wildman–Crippen LogP) is 4.33. The van der Waals surface area contributed by atoms with Crippen LogP contribution in [0.2, 0.25) is 5.02 Å². The van der Waals surface area contributed by atoms with E-state index < -0.39 is 10.8 Å². The SMILES string of the molecule is O=C(NN=Cc1ccc([N+](=O)[O-])s1)c1ccc(NC(=O)c2ccccc2Cl)cc1. The molecule has 2 aromatic carbocycles. The molecule has 0 fully saturated rings. The number of amides is 2. The highest BCUT2D eigenvalue weighted by molar-refractivity contribution is 7.16. The maximum Gasteiger partial charge on any atom is 0.324 e. The molecule has 0 bridgehead atoms. The zero-order valence-corrected chi connectivity index (χ0v) is 16.2. The van der Waals surface area contributed by atoms with Crippen LogP contribution in [-0.2, 0) is 0 Å². The number of nitrogens with one attached hydrogen (secondary N) is 2. The summed E-state index contributed by atoms with van der Waals surface area (Å²) >= 11 is 6.95. The molecule has 0 spiro atoms. The van der Waals surface area contributed by atoms with E-state index >= 15 is 0 Å². The summed E-state index contributed by atoms with van der Waals surface area (Å²) < 4.78 is 0. The summed E-state index contributed by atoms with van der Waals surface area (Å²) in [6, 6.07) is 15.8. The van der Waals surface area contributed by atoms with E-state index in [2.05, 4.69) is 15.8 Å². The molecule has 0 aliphatic heterocycles. The van der Waals surface area contributed by atoms with Crippen molar-refractivity contribution in [2.75, 3.05) is 5.32 Å². The van der Waals surface area contributed by atoms with Crippen molar-refractivity contribution in [3.05, 3.63) is 91.8 Å². The van der Waals surface area contributed by atoms with Gasteiger partial charge in [0, 0.05) is 17.3 Å². The van der Waals surface area contributed by atoms with Crippen LogP contribution < -0.4 is 10.7 Å². The van der Waals surface area contributed by atoms with Crippen molar-refractivity contribution in [2.24, 2.45) is 5.10 Å². The van der Waals surface area contributed by atoms with Gasteiger partial charge in [-0.15, -0.1) is 0 Å². The summed E-state index contributed by atoms with van der Waals surface area (Å²) in [4.78, 5) is 35.0. The van der Waals surface area contributed by atoms with Crippen molar-refractivity contribution in [1.29, 1.82) is 0 Å². The second-order valence-electron chi connectivity index (χ2n) is 5.64. The number of thiophene rings is 1. The van der Waals surface area contributed by atoms with Crippen molar-refractivity contribution in [3.63, 3.8) is 0 Å². The Labute approximate surface area is 174 Å². The Morgan fingerprint density at radius 1 is 1.03 bits per heavy atom. The van der Waals surface area contributed by atoms with Gasteiger partial charge in [-0.1, -0.05) is 35.1 Å². The van der Waals surface area contributed by atoms with Gasteiger partial charge >= 0.3 is 5.00 Å². The smallest absolute Gasteiger partial charge is 0.322 e. The minimum atomic E-state index is -0.493. The van der Waals surface area contributed by atoms with Gasteiger partial charge < -0.3 is 5.32 Å².